The molecule has 0 aliphatic heterocycles. The van der Waals surface area contributed by atoms with E-state index in [9.17, 15) is 9.59 Å². The van der Waals surface area contributed by atoms with E-state index < -0.39 is 5.97 Å². The van der Waals surface area contributed by atoms with E-state index in [2.05, 4.69) is 10.1 Å². The first-order valence-corrected chi connectivity index (χ1v) is 4.63. The second kappa shape index (κ2) is 7.86. The number of rotatable bonds is 6. The van der Waals surface area contributed by atoms with Crippen LogP contribution in [0.25, 0.3) is 0 Å². The molecule has 0 aromatic heterocycles. The van der Waals surface area contributed by atoms with Crippen LogP contribution < -0.4 is 5.32 Å². The lowest BCUT2D eigenvalue weighted by Gasteiger charge is -2.02. The zero-order chi connectivity index (χ0) is 10.1. The Morgan fingerprint density at radius 3 is 2.62 bits per heavy atom. The van der Waals surface area contributed by atoms with Crippen molar-refractivity contribution in [2.45, 2.75) is 19.3 Å². The van der Waals surface area contributed by atoms with E-state index in [0.717, 1.165) is 12.8 Å². The molecule has 5 heteroatoms. The molecule has 4 nitrogen and oxygen atoms in total. The van der Waals surface area contributed by atoms with Crippen LogP contribution in [-0.2, 0) is 14.3 Å². The van der Waals surface area contributed by atoms with Crippen molar-refractivity contribution < 1.29 is 14.3 Å². The van der Waals surface area contributed by atoms with E-state index in [1.165, 1.54) is 7.11 Å². The number of esters is 1. The third kappa shape index (κ3) is 7.59. The Labute approximate surface area is 82.6 Å². The molecule has 0 spiro atoms. The summed E-state index contributed by atoms with van der Waals surface area (Å²) >= 11 is 5.43. The molecule has 76 valence electrons. The lowest BCUT2D eigenvalue weighted by atomic mass is 10.2. The topological polar surface area (TPSA) is 55.4 Å². The van der Waals surface area contributed by atoms with Crippen LogP contribution in [0.2, 0.25) is 0 Å². The van der Waals surface area contributed by atoms with Crippen LogP contribution in [-0.4, -0.2) is 31.4 Å². The van der Waals surface area contributed by atoms with Crippen molar-refractivity contribution in [3.8, 4) is 0 Å². The Balaban J connectivity index is 3.35. The molecule has 0 saturated carbocycles. The number of carbonyl (C=O) groups is 2. The van der Waals surface area contributed by atoms with Gasteiger partial charge in [0.1, 0.15) is 6.54 Å². The average molecular weight is 208 g/mol. The number of hydrogen-bond acceptors (Lipinski definition) is 3. The molecule has 0 aliphatic rings. The van der Waals surface area contributed by atoms with Gasteiger partial charge in [0.05, 0.1) is 7.11 Å². The fraction of sp³-hybridized carbons (Fsp3) is 0.750. The van der Waals surface area contributed by atoms with Crippen molar-refractivity contribution in [2.75, 3.05) is 19.5 Å². The van der Waals surface area contributed by atoms with E-state index in [-0.39, 0.29) is 12.5 Å². The van der Waals surface area contributed by atoms with Gasteiger partial charge in [-0.15, -0.1) is 11.6 Å². The van der Waals surface area contributed by atoms with E-state index in [1.54, 1.807) is 0 Å². The summed E-state index contributed by atoms with van der Waals surface area (Å²) in [5.41, 5.74) is 0. The first-order valence-electron chi connectivity index (χ1n) is 4.10. The Kier molecular flexibility index (Phi) is 7.39. The van der Waals surface area contributed by atoms with Gasteiger partial charge in [-0.25, -0.2) is 0 Å². The Morgan fingerprint density at radius 2 is 2.08 bits per heavy atom. The Hall–Kier alpha value is -0.770. The van der Waals surface area contributed by atoms with Crippen molar-refractivity contribution in [2.24, 2.45) is 0 Å². The fourth-order valence-corrected chi connectivity index (χ4v) is 0.900. The Morgan fingerprint density at radius 1 is 1.38 bits per heavy atom. The summed E-state index contributed by atoms with van der Waals surface area (Å²) in [7, 11) is 1.28. The van der Waals surface area contributed by atoms with E-state index >= 15 is 0 Å². The van der Waals surface area contributed by atoms with Gasteiger partial charge in [0.2, 0.25) is 5.91 Å². The molecule has 1 N–H and O–H groups in total. The van der Waals surface area contributed by atoms with E-state index in [4.69, 9.17) is 11.6 Å². The molecule has 0 bridgehead atoms. The van der Waals surface area contributed by atoms with Gasteiger partial charge >= 0.3 is 5.97 Å². The summed E-state index contributed by atoms with van der Waals surface area (Å²) in [4.78, 5) is 21.6. The minimum Gasteiger partial charge on any atom is -0.468 e. The van der Waals surface area contributed by atoms with Gasteiger partial charge in [-0.05, 0) is 12.8 Å². The lowest BCUT2D eigenvalue weighted by Crippen LogP contribution is -2.29. The molecule has 0 saturated heterocycles. The predicted molar refractivity (Wildman–Crippen MR) is 49.6 cm³/mol. The highest BCUT2D eigenvalue weighted by Gasteiger charge is 2.03. The molecule has 0 aromatic rings. The van der Waals surface area contributed by atoms with Gasteiger partial charge in [0.15, 0.2) is 0 Å². The third-order valence-corrected chi connectivity index (χ3v) is 1.71. The standard InChI is InChI=1S/C8H14ClNO3/c1-13-8(12)6-10-7(11)4-2-3-5-9/h2-6H2,1H3,(H,10,11). The molecule has 0 atom stereocenters. The van der Waals surface area contributed by atoms with E-state index in [0.29, 0.717) is 12.3 Å². The zero-order valence-electron chi connectivity index (χ0n) is 7.64. The number of alkyl halides is 1. The maximum absolute atomic E-state index is 11.0. The van der Waals surface area contributed by atoms with Crippen molar-refractivity contribution in [1.82, 2.24) is 5.32 Å². The first kappa shape index (κ1) is 12.2. The van der Waals surface area contributed by atoms with Crippen LogP contribution in [0, 0.1) is 0 Å². The van der Waals surface area contributed by atoms with Gasteiger partial charge in [0.25, 0.3) is 0 Å². The van der Waals surface area contributed by atoms with Crippen LogP contribution in [0.5, 0.6) is 0 Å². The normalized spacial score (nSPS) is 9.38. The summed E-state index contributed by atoms with van der Waals surface area (Å²) in [5, 5.41) is 2.44. The van der Waals surface area contributed by atoms with Crippen LogP contribution in [0.4, 0.5) is 0 Å². The van der Waals surface area contributed by atoms with Crippen molar-refractivity contribution in [1.29, 1.82) is 0 Å². The van der Waals surface area contributed by atoms with Crippen LogP contribution in [0.1, 0.15) is 19.3 Å². The number of unbranched alkanes of at least 4 members (excludes halogenated alkanes) is 1. The SMILES string of the molecule is COC(=O)CNC(=O)CCCCCl. The number of halogens is 1. The maximum atomic E-state index is 11.0. The number of nitrogens with one attached hydrogen (secondary N) is 1. The second-order valence-electron chi connectivity index (χ2n) is 2.50. The van der Waals surface area contributed by atoms with Crippen LogP contribution in [0.15, 0.2) is 0 Å². The highest BCUT2D eigenvalue weighted by molar-refractivity contribution is 6.17. The summed E-state index contributed by atoms with van der Waals surface area (Å²) in [6.07, 6.45) is 1.97. The molecule has 1 amide bonds. The minimum atomic E-state index is -0.439. The molecule has 0 rings (SSSR count). The number of carbonyl (C=O) groups excluding carboxylic acids is 2. The summed E-state index contributed by atoms with van der Waals surface area (Å²) in [6, 6.07) is 0. The number of amides is 1. The molecule has 0 aromatic carbocycles. The van der Waals surface area contributed by atoms with Gasteiger partial charge < -0.3 is 10.1 Å². The smallest absolute Gasteiger partial charge is 0.325 e. The largest absolute Gasteiger partial charge is 0.468 e. The maximum Gasteiger partial charge on any atom is 0.325 e. The number of ether oxygens (including phenoxy) is 1. The first-order chi connectivity index (χ1) is 6.20. The van der Waals surface area contributed by atoms with Crippen LogP contribution >= 0.6 is 11.6 Å². The number of hydrogen-bond donors (Lipinski definition) is 1. The second-order valence-corrected chi connectivity index (χ2v) is 2.88. The summed E-state index contributed by atoms with van der Waals surface area (Å²) in [5.74, 6) is -0.0224. The lowest BCUT2D eigenvalue weighted by molar-refractivity contribution is -0.141. The fourth-order valence-electron chi connectivity index (χ4n) is 0.711. The van der Waals surface area contributed by atoms with Crippen molar-refractivity contribution in [3.63, 3.8) is 0 Å². The van der Waals surface area contributed by atoms with E-state index in [1.807, 2.05) is 0 Å². The molecule has 0 radical (unpaired) electrons. The minimum absolute atomic E-state index is 0.0593. The molecule has 0 unspecified atom stereocenters. The highest BCUT2D eigenvalue weighted by atomic mass is 35.5. The average Bonchev–Trinajstić information content (AvgIpc) is 2.14. The summed E-state index contributed by atoms with van der Waals surface area (Å²) in [6.45, 7) is -0.0593. The van der Waals surface area contributed by atoms with Crippen molar-refractivity contribution >= 4 is 23.5 Å². The highest BCUT2D eigenvalue weighted by Crippen LogP contribution is 1.96. The zero-order valence-corrected chi connectivity index (χ0v) is 8.39. The molecular weight excluding hydrogens is 194 g/mol. The molecule has 0 fully saturated rings. The van der Waals surface area contributed by atoms with Crippen LogP contribution in [0.3, 0.4) is 0 Å². The molecule has 0 aliphatic carbocycles. The van der Waals surface area contributed by atoms with Gasteiger partial charge in [0, 0.05) is 12.3 Å². The quantitative estimate of drug-likeness (QED) is 0.396. The molecule has 13 heavy (non-hydrogen) atoms. The third-order valence-electron chi connectivity index (χ3n) is 1.45. The van der Waals surface area contributed by atoms with Gasteiger partial charge in [-0.3, -0.25) is 9.59 Å². The van der Waals surface area contributed by atoms with Gasteiger partial charge in [-0.2, -0.15) is 0 Å². The van der Waals surface area contributed by atoms with Crippen molar-refractivity contribution in [3.05, 3.63) is 0 Å². The predicted octanol–water partition coefficient (Wildman–Crippen LogP) is 0.685. The van der Waals surface area contributed by atoms with Gasteiger partial charge in [-0.1, -0.05) is 0 Å². The Bertz CT molecular complexity index is 173. The summed E-state index contributed by atoms with van der Waals surface area (Å²) < 4.78 is 4.35. The number of methoxy groups -OCH3 is 1. The molecular formula is C8H14ClNO3. The monoisotopic (exact) mass is 207 g/mol. The molecule has 0 heterocycles.